The minimum atomic E-state index is -0.0888. The largest absolute Gasteiger partial charge is 0.339 e. The summed E-state index contributed by atoms with van der Waals surface area (Å²) in [5.74, 6) is -0.0441. The van der Waals surface area contributed by atoms with Crippen molar-refractivity contribution in [3.63, 3.8) is 0 Å². The molecule has 0 saturated carbocycles. The minimum absolute atomic E-state index is 0.00797. The van der Waals surface area contributed by atoms with Crippen LogP contribution in [0.5, 0.6) is 0 Å². The van der Waals surface area contributed by atoms with E-state index >= 15 is 0 Å². The van der Waals surface area contributed by atoms with Crippen molar-refractivity contribution in [1.82, 2.24) is 14.7 Å². The van der Waals surface area contributed by atoms with Crippen LogP contribution in [0.2, 0.25) is 5.02 Å². The van der Waals surface area contributed by atoms with E-state index in [-0.39, 0.29) is 24.1 Å². The van der Waals surface area contributed by atoms with Gasteiger partial charge in [-0.3, -0.25) is 14.4 Å². The van der Waals surface area contributed by atoms with E-state index in [1.54, 1.807) is 20.8 Å². The molecule has 1 aromatic carbocycles. The standard InChI is InChI=1S/C18H24ClN3O3/c1-14(23)20-9-11-21(12-10-20)18(25)7-8-22(15(2)24)13-16-5-3-4-6-17(16)19/h3-6H,7-13H2,1-2H3. The molecule has 0 spiro atoms. The molecule has 1 aliphatic heterocycles. The van der Waals surface area contributed by atoms with Crippen LogP contribution in [0.15, 0.2) is 24.3 Å². The zero-order valence-electron chi connectivity index (χ0n) is 14.7. The number of nitrogens with zero attached hydrogens (tertiary/aromatic N) is 3. The lowest BCUT2D eigenvalue weighted by Gasteiger charge is -2.34. The molecular weight excluding hydrogens is 342 g/mol. The van der Waals surface area contributed by atoms with Gasteiger partial charge in [-0.25, -0.2) is 0 Å². The molecule has 0 N–H and O–H groups in total. The second-order valence-electron chi connectivity index (χ2n) is 6.17. The second kappa shape index (κ2) is 8.85. The van der Waals surface area contributed by atoms with Gasteiger partial charge in [-0.2, -0.15) is 0 Å². The van der Waals surface area contributed by atoms with Gasteiger partial charge in [-0.15, -0.1) is 0 Å². The first-order valence-corrected chi connectivity index (χ1v) is 8.78. The van der Waals surface area contributed by atoms with Gasteiger partial charge in [0.1, 0.15) is 0 Å². The number of amides is 3. The maximum Gasteiger partial charge on any atom is 0.224 e. The fourth-order valence-corrected chi connectivity index (χ4v) is 3.04. The number of carbonyl (C=O) groups excluding carboxylic acids is 3. The Morgan fingerprint density at radius 1 is 1.04 bits per heavy atom. The lowest BCUT2D eigenvalue weighted by Crippen LogP contribution is -2.50. The highest BCUT2D eigenvalue weighted by molar-refractivity contribution is 6.31. The van der Waals surface area contributed by atoms with Gasteiger partial charge in [-0.05, 0) is 11.6 Å². The molecule has 1 heterocycles. The summed E-state index contributed by atoms with van der Waals surface area (Å²) in [6.45, 7) is 6.00. The van der Waals surface area contributed by atoms with Crippen LogP contribution in [0, 0.1) is 0 Å². The van der Waals surface area contributed by atoms with Gasteiger partial charge < -0.3 is 14.7 Å². The highest BCUT2D eigenvalue weighted by Gasteiger charge is 2.23. The van der Waals surface area contributed by atoms with Gasteiger partial charge >= 0.3 is 0 Å². The summed E-state index contributed by atoms with van der Waals surface area (Å²) in [7, 11) is 0. The van der Waals surface area contributed by atoms with Crippen LogP contribution < -0.4 is 0 Å². The summed E-state index contributed by atoms with van der Waals surface area (Å²) in [4.78, 5) is 40.7. The number of rotatable bonds is 5. The first-order chi connectivity index (χ1) is 11.9. The van der Waals surface area contributed by atoms with E-state index in [0.717, 1.165) is 5.56 Å². The van der Waals surface area contributed by atoms with Crippen LogP contribution in [-0.4, -0.2) is 65.1 Å². The Morgan fingerprint density at radius 2 is 1.64 bits per heavy atom. The Bertz CT molecular complexity index is 642. The van der Waals surface area contributed by atoms with E-state index in [1.165, 1.54) is 13.8 Å². The number of halogens is 1. The minimum Gasteiger partial charge on any atom is -0.339 e. The summed E-state index contributed by atoms with van der Waals surface area (Å²) >= 11 is 6.15. The fraction of sp³-hybridized carbons (Fsp3) is 0.500. The Labute approximate surface area is 153 Å². The third kappa shape index (κ3) is 5.46. The molecule has 2 rings (SSSR count). The quantitative estimate of drug-likeness (QED) is 0.799. The van der Waals surface area contributed by atoms with Gasteiger partial charge in [0, 0.05) is 64.6 Å². The van der Waals surface area contributed by atoms with Crippen molar-refractivity contribution in [2.24, 2.45) is 0 Å². The molecule has 0 radical (unpaired) electrons. The third-order valence-electron chi connectivity index (χ3n) is 4.44. The Kier molecular flexibility index (Phi) is 6.82. The fourth-order valence-electron chi connectivity index (χ4n) is 2.84. The number of piperazine rings is 1. The summed E-state index contributed by atoms with van der Waals surface area (Å²) in [5, 5.41) is 0.612. The Hall–Kier alpha value is -2.08. The van der Waals surface area contributed by atoms with Gasteiger partial charge in [-0.1, -0.05) is 29.8 Å². The molecule has 3 amide bonds. The lowest BCUT2D eigenvalue weighted by molar-refractivity contribution is -0.139. The van der Waals surface area contributed by atoms with E-state index in [4.69, 9.17) is 11.6 Å². The zero-order chi connectivity index (χ0) is 18.4. The van der Waals surface area contributed by atoms with Crippen molar-refractivity contribution in [3.05, 3.63) is 34.9 Å². The van der Waals surface area contributed by atoms with Crippen LogP contribution in [0.1, 0.15) is 25.8 Å². The van der Waals surface area contributed by atoms with Crippen LogP contribution in [0.25, 0.3) is 0 Å². The normalized spacial score (nSPS) is 14.4. The van der Waals surface area contributed by atoms with Crippen molar-refractivity contribution < 1.29 is 14.4 Å². The van der Waals surface area contributed by atoms with Crippen LogP contribution >= 0.6 is 11.6 Å². The van der Waals surface area contributed by atoms with Crippen LogP contribution in [-0.2, 0) is 20.9 Å². The first kappa shape index (κ1) is 19.2. The van der Waals surface area contributed by atoms with Crippen molar-refractivity contribution in [1.29, 1.82) is 0 Å². The van der Waals surface area contributed by atoms with Gasteiger partial charge in [0.15, 0.2) is 0 Å². The van der Waals surface area contributed by atoms with Crippen LogP contribution in [0.3, 0.4) is 0 Å². The topological polar surface area (TPSA) is 60.9 Å². The molecular formula is C18H24ClN3O3. The molecule has 136 valence electrons. The Morgan fingerprint density at radius 3 is 2.20 bits per heavy atom. The maximum absolute atomic E-state index is 12.4. The highest BCUT2D eigenvalue weighted by atomic mass is 35.5. The SMILES string of the molecule is CC(=O)N1CCN(C(=O)CCN(Cc2ccccc2Cl)C(C)=O)CC1. The highest BCUT2D eigenvalue weighted by Crippen LogP contribution is 2.17. The summed E-state index contributed by atoms with van der Waals surface area (Å²) in [5.41, 5.74) is 0.863. The summed E-state index contributed by atoms with van der Waals surface area (Å²) in [6, 6.07) is 7.38. The van der Waals surface area contributed by atoms with Gasteiger partial charge in [0.2, 0.25) is 17.7 Å². The molecule has 0 atom stereocenters. The number of benzene rings is 1. The van der Waals surface area contributed by atoms with Crippen LogP contribution in [0.4, 0.5) is 0 Å². The first-order valence-electron chi connectivity index (χ1n) is 8.40. The van der Waals surface area contributed by atoms with E-state index < -0.39 is 0 Å². The third-order valence-corrected chi connectivity index (χ3v) is 4.81. The number of hydrogen-bond donors (Lipinski definition) is 0. The molecule has 25 heavy (non-hydrogen) atoms. The summed E-state index contributed by atoms with van der Waals surface area (Å²) in [6.07, 6.45) is 0.268. The molecule has 0 aliphatic carbocycles. The molecule has 1 aliphatic rings. The molecule has 7 heteroatoms. The van der Waals surface area contributed by atoms with E-state index in [9.17, 15) is 14.4 Å². The van der Waals surface area contributed by atoms with E-state index in [2.05, 4.69) is 0 Å². The van der Waals surface area contributed by atoms with Crippen molar-refractivity contribution in [2.45, 2.75) is 26.8 Å². The Balaban J connectivity index is 1.87. The molecule has 0 aromatic heterocycles. The molecule has 1 aromatic rings. The van der Waals surface area contributed by atoms with E-state index in [0.29, 0.717) is 44.3 Å². The monoisotopic (exact) mass is 365 g/mol. The van der Waals surface area contributed by atoms with Gasteiger partial charge in [0.25, 0.3) is 0 Å². The van der Waals surface area contributed by atoms with Crippen molar-refractivity contribution in [2.75, 3.05) is 32.7 Å². The smallest absolute Gasteiger partial charge is 0.224 e. The lowest BCUT2D eigenvalue weighted by atomic mass is 10.2. The molecule has 1 fully saturated rings. The number of hydrogen-bond acceptors (Lipinski definition) is 3. The second-order valence-corrected chi connectivity index (χ2v) is 6.58. The van der Waals surface area contributed by atoms with Crippen molar-refractivity contribution >= 4 is 29.3 Å². The average molecular weight is 366 g/mol. The van der Waals surface area contributed by atoms with Crippen molar-refractivity contribution in [3.8, 4) is 0 Å². The average Bonchev–Trinajstić information content (AvgIpc) is 2.59. The maximum atomic E-state index is 12.4. The predicted octanol–water partition coefficient (Wildman–Crippen LogP) is 1.77. The predicted molar refractivity (Wildman–Crippen MR) is 96.0 cm³/mol. The van der Waals surface area contributed by atoms with Gasteiger partial charge in [0.05, 0.1) is 0 Å². The molecule has 6 nitrogen and oxygen atoms in total. The molecule has 1 saturated heterocycles. The molecule has 0 unspecified atom stereocenters. The summed E-state index contributed by atoms with van der Waals surface area (Å²) < 4.78 is 0. The van der Waals surface area contributed by atoms with E-state index in [1.807, 2.05) is 18.2 Å². The zero-order valence-corrected chi connectivity index (χ0v) is 15.5. The number of carbonyl (C=O) groups is 3. The molecule has 0 bridgehead atoms.